The largest absolute Gasteiger partial charge is 0.458 e. The summed E-state index contributed by atoms with van der Waals surface area (Å²) in [4.78, 5) is 203. The minimum atomic E-state index is -1.83. The van der Waals surface area contributed by atoms with Gasteiger partial charge >= 0.3 is 5.97 Å². The number of cyclic esters (lactones) is 1. The molecule has 2 aliphatic heterocycles. The molecule has 2 saturated heterocycles. The zero-order chi connectivity index (χ0) is 79.7. The third-order valence-corrected chi connectivity index (χ3v) is 19.4. The second kappa shape index (κ2) is 42.1. The van der Waals surface area contributed by atoms with E-state index in [0.29, 0.717) is 24.0 Å². The molecule has 0 spiro atoms. The molecule has 2 aromatic rings. The summed E-state index contributed by atoms with van der Waals surface area (Å²) in [5, 5.41) is 43.1. The maximum absolute atomic E-state index is 15.0. The first-order valence-corrected chi connectivity index (χ1v) is 37.1. The normalized spacial score (nSPS) is 22.4. The first kappa shape index (κ1) is 89.1. The van der Waals surface area contributed by atoms with E-state index in [9.17, 15) is 62.6 Å². The number of carbonyl (C=O) groups excluding carboxylic acids is 14. The zero-order valence-corrected chi connectivity index (χ0v) is 64.9. The van der Waals surface area contributed by atoms with Crippen molar-refractivity contribution in [3.05, 3.63) is 83.1 Å². The highest BCUT2D eigenvalue weighted by molar-refractivity contribution is 6.03. The highest BCUT2D eigenvalue weighted by Crippen LogP contribution is 2.23. The number of allylic oxidation sites excluding steroid dienone is 1. The summed E-state index contributed by atoms with van der Waals surface area (Å²) in [6.07, 6.45) is -0.642. The molecule has 0 bridgehead atoms. The molecular formula is C76H118N14O16. The van der Waals surface area contributed by atoms with E-state index in [2.05, 4.69) is 63.8 Å². The molecule has 0 aromatic heterocycles. The molecule has 13 amide bonds. The van der Waals surface area contributed by atoms with Crippen molar-refractivity contribution in [3.63, 3.8) is 0 Å². The zero-order valence-electron chi connectivity index (χ0n) is 64.9. The van der Waals surface area contributed by atoms with Crippen molar-refractivity contribution in [1.29, 1.82) is 0 Å². The summed E-state index contributed by atoms with van der Waals surface area (Å²) in [5.41, 5.74) is 7.56. The van der Waals surface area contributed by atoms with E-state index >= 15 is 9.59 Å². The predicted octanol–water partition coefficient (Wildman–Crippen LogP) is 1.63. The Morgan fingerprint density at radius 3 is 1.69 bits per heavy atom. The molecule has 0 unspecified atom stereocenters. The molecule has 15 N–H and O–H groups in total. The first-order valence-electron chi connectivity index (χ1n) is 37.1. The molecule has 0 aliphatic carbocycles. The Morgan fingerprint density at radius 1 is 0.613 bits per heavy atom. The number of nitrogens with two attached hydrogens (primary N) is 1. The van der Waals surface area contributed by atoms with Crippen molar-refractivity contribution in [2.75, 3.05) is 13.1 Å². The van der Waals surface area contributed by atoms with E-state index in [1.165, 1.54) is 31.7 Å². The van der Waals surface area contributed by atoms with Gasteiger partial charge in [-0.3, -0.25) is 62.3 Å². The number of aliphatic hydroxyl groups is 1. The van der Waals surface area contributed by atoms with E-state index in [-0.39, 0.29) is 50.9 Å². The fourth-order valence-electron chi connectivity index (χ4n) is 12.1. The number of aliphatic hydroxyl groups excluding tert-OH is 1. The number of ether oxygens (including phenoxy) is 1. The van der Waals surface area contributed by atoms with Gasteiger partial charge in [0.1, 0.15) is 84.3 Å². The molecule has 30 heteroatoms. The molecule has 2 aromatic carbocycles. The van der Waals surface area contributed by atoms with Crippen molar-refractivity contribution in [3.8, 4) is 0 Å². The Hall–Kier alpha value is -9.32. The lowest BCUT2D eigenvalue weighted by Crippen LogP contribution is -2.64. The minimum Gasteiger partial charge on any atom is -0.458 e. The molecule has 106 heavy (non-hydrogen) atoms. The maximum atomic E-state index is 15.0. The summed E-state index contributed by atoms with van der Waals surface area (Å²) >= 11 is 0. The number of nitrogens with one attached hydrogen (secondary N) is 12. The van der Waals surface area contributed by atoms with Gasteiger partial charge in [0.2, 0.25) is 65.0 Å². The maximum Gasteiger partial charge on any atom is 0.329 e. The van der Waals surface area contributed by atoms with Crippen LogP contribution >= 0.6 is 0 Å². The van der Waals surface area contributed by atoms with Crippen LogP contribution in [0, 0.1) is 48.3 Å². The lowest BCUT2D eigenvalue weighted by molar-refractivity contribution is -0.157. The van der Waals surface area contributed by atoms with Crippen LogP contribution < -0.4 is 69.5 Å². The van der Waals surface area contributed by atoms with Crippen molar-refractivity contribution in [1.82, 2.24) is 68.7 Å². The number of carbonyl (C=O) groups is 14. The topological polar surface area (TPSA) is 442 Å². The number of benzene rings is 2. The van der Waals surface area contributed by atoms with E-state index < -0.39 is 209 Å². The third kappa shape index (κ3) is 25.5. The van der Waals surface area contributed by atoms with Gasteiger partial charge in [0.05, 0.1) is 6.10 Å². The molecule has 2 aliphatic rings. The van der Waals surface area contributed by atoms with Crippen molar-refractivity contribution in [2.24, 2.45) is 47.2 Å². The quantitative estimate of drug-likeness (QED) is 0.0390. The Kier molecular flexibility index (Phi) is 35.4. The van der Waals surface area contributed by atoms with Gasteiger partial charge in [-0.05, 0) is 119 Å². The van der Waals surface area contributed by atoms with Gasteiger partial charge in [0.15, 0.2) is 0 Å². The van der Waals surface area contributed by atoms with Gasteiger partial charge < -0.3 is 84.3 Å². The summed E-state index contributed by atoms with van der Waals surface area (Å²) in [6, 6.07) is -1.15. The van der Waals surface area contributed by atoms with Gasteiger partial charge in [0, 0.05) is 18.5 Å². The number of hydrogen-bond acceptors (Lipinski definition) is 17. The number of hydrogen-bond donors (Lipinski definition) is 14. The summed E-state index contributed by atoms with van der Waals surface area (Å²) < 4.78 is 5.96. The smallest absolute Gasteiger partial charge is 0.329 e. The molecular weight excluding hydrogens is 1360 g/mol. The number of esters is 1. The average molecular weight is 1480 g/mol. The first-order chi connectivity index (χ1) is 49.8. The lowest BCUT2D eigenvalue weighted by Gasteiger charge is -2.33. The molecule has 4 rings (SSSR count). The van der Waals surface area contributed by atoms with Crippen molar-refractivity contribution >= 4 is 82.8 Å². The van der Waals surface area contributed by atoms with Crippen LogP contribution in [0.25, 0.3) is 0 Å². The summed E-state index contributed by atoms with van der Waals surface area (Å²) in [6.45, 7) is 29.4. The van der Waals surface area contributed by atoms with Gasteiger partial charge in [-0.25, -0.2) is 4.79 Å². The second-order valence-corrected chi connectivity index (χ2v) is 29.7. The summed E-state index contributed by atoms with van der Waals surface area (Å²) in [5.74, 6) is -15.9. The van der Waals surface area contributed by atoms with Crippen LogP contribution in [-0.2, 0) is 73.5 Å². The van der Waals surface area contributed by atoms with Gasteiger partial charge in [0.25, 0.3) is 11.8 Å². The van der Waals surface area contributed by atoms with E-state index in [1.807, 2.05) is 6.92 Å². The monoisotopic (exact) mass is 1480 g/mol. The number of aryl methyl sites for hydroxylation is 1. The molecule has 30 nitrogen and oxygen atoms in total. The average Bonchev–Trinajstić information content (AvgIpc) is 1.33. The SMILES string of the molecule is C/C=C1\NC(=O)[C@H](Cc2ccccc2)NC(=O)[C@@H](C(C)C)NC(=O)[C@@H]([C@H](C)CC)NC(=O)[C@H](NC(=O)[C@H](NC(=O)[C@H](CCCN)NC(=O)[C@H]2CCCN2C(=O)[C@H](NC(=O)[C@@H](NC(=O)[C@@H](NC(=O)[C@H](NC(=O)c2ccc(C)cc2)C(C)C)[C@@H](C)O)C(C)C)C(C)C)[C@H](C)CC)[C@H](C)OC(=O)[C@H](C(C)C)NC1=O. The second-order valence-electron chi connectivity index (χ2n) is 29.7. The Morgan fingerprint density at radius 2 is 1.15 bits per heavy atom. The van der Waals surface area contributed by atoms with Crippen LogP contribution in [0.5, 0.6) is 0 Å². The third-order valence-electron chi connectivity index (χ3n) is 19.4. The Balaban J connectivity index is 1.63. The van der Waals surface area contributed by atoms with Crippen LogP contribution in [-0.4, -0.2) is 191 Å². The van der Waals surface area contributed by atoms with E-state index in [1.54, 1.807) is 152 Å². The molecule has 16 atom stereocenters. The van der Waals surface area contributed by atoms with Crippen LogP contribution in [0.2, 0.25) is 0 Å². The molecule has 0 radical (unpaired) electrons. The van der Waals surface area contributed by atoms with Gasteiger partial charge in [-0.15, -0.1) is 0 Å². The van der Waals surface area contributed by atoms with E-state index in [0.717, 1.165) is 5.56 Å². The van der Waals surface area contributed by atoms with Crippen LogP contribution in [0.4, 0.5) is 0 Å². The highest BCUT2D eigenvalue weighted by atomic mass is 16.5. The van der Waals surface area contributed by atoms with Crippen LogP contribution in [0.15, 0.2) is 66.4 Å². The van der Waals surface area contributed by atoms with Gasteiger partial charge in [-0.1, -0.05) is 164 Å². The Labute approximate surface area is 623 Å². The number of likely N-dealkylation sites (tertiary alicyclic amines) is 1. The van der Waals surface area contributed by atoms with Gasteiger partial charge in [-0.2, -0.15) is 0 Å². The Bertz CT molecular complexity index is 3420. The summed E-state index contributed by atoms with van der Waals surface area (Å²) in [7, 11) is 0. The predicted molar refractivity (Wildman–Crippen MR) is 397 cm³/mol. The standard InChI is InChI=1S/C76H118N14O16/c1-19-44(15)59(72(101)89-62-47(18)106-76(105)58(42(12)13)85-64(93)50(21-3)78-66(95)52(37-48-27-23-22-24-28-48)80-68(97)54(38(4)5)82-71(100)60(45(16)20-2)87-74(62)103)86-65(94)51(29-25-35-77)79-67(96)53-30-26-36-90(53)75(104)57(41(10)11)84-69(98)56(40(8)9)83-73(102)61(46(17)91)88-70(99)55(39(6)7)81-63(92)49-33-31-43(14)32-34-49/h21-24,27-28,31-34,38-42,44-47,51-62,91H,19-20,25-26,29-30,35-37,77H2,1-18H3,(H,78,95)(H,79,96)(H,80,97)(H,81,92)(H,82,100)(H,83,102)(H,84,98)(H,85,93)(H,86,94)(H,87,103)(H,88,99)(H,89,101)/b50-21-/t44-,45-,46-,47+,51+,52+,53-,54-,55-,56+,57-,58+,59-,60-,61+,62-/m1/s1. The number of rotatable bonds is 30. The molecule has 2 heterocycles. The van der Waals surface area contributed by atoms with E-state index in [4.69, 9.17) is 10.5 Å². The minimum absolute atomic E-state index is 0.0370. The van der Waals surface area contributed by atoms with Crippen molar-refractivity contribution < 1.29 is 77.0 Å². The fourth-order valence-corrected chi connectivity index (χ4v) is 12.1. The molecule has 2 fully saturated rings. The fraction of sp³-hybridized carbons (Fsp3) is 0.632. The van der Waals surface area contributed by atoms with Crippen LogP contribution in [0.1, 0.15) is 178 Å². The van der Waals surface area contributed by atoms with Crippen LogP contribution in [0.3, 0.4) is 0 Å². The lowest BCUT2D eigenvalue weighted by atomic mass is 9.95. The number of amides is 13. The number of nitrogens with zero attached hydrogens (tertiary/aromatic N) is 1. The highest BCUT2D eigenvalue weighted by Gasteiger charge is 2.45. The molecule has 0 saturated carbocycles. The molecule has 588 valence electrons. The van der Waals surface area contributed by atoms with Crippen molar-refractivity contribution in [2.45, 2.75) is 254 Å².